The molecular formula is C11H17N5. The predicted octanol–water partition coefficient (Wildman–Crippen LogP) is 0.879. The Balaban J connectivity index is 2.04. The number of rotatable bonds is 4. The maximum absolute atomic E-state index is 6.08. The van der Waals surface area contributed by atoms with E-state index in [4.69, 9.17) is 5.73 Å². The zero-order chi connectivity index (χ0) is 11.5. The van der Waals surface area contributed by atoms with Crippen molar-refractivity contribution in [1.29, 1.82) is 0 Å². The average Bonchev–Trinajstić information content (AvgIpc) is 2.87. The first-order chi connectivity index (χ1) is 7.69. The first-order valence-corrected chi connectivity index (χ1v) is 5.43. The standard InChI is InChI=1S/C11H17N5/c1-3-16-6-9(5-14-16)4-10(12)11-7-15(2)8-13-11/h5-8,10H,3-4,12H2,1-2H3. The SMILES string of the molecule is CCn1cc(CC(N)c2cn(C)cn2)cn1. The molecular weight excluding hydrogens is 202 g/mol. The highest BCUT2D eigenvalue weighted by Crippen LogP contribution is 2.13. The number of hydrogen-bond acceptors (Lipinski definition) is 3. The maximum atomic E-state index is 6.08. The molecule has 0 saturated heterocycles. The van der Waals surface area contributed by atoms with Crippen molar-refractivity contribution >= 4 is 0 Å². The van der Waals surface area contributed by atoms with Crippen LogP contribution < -0.4 is 5.73 Å². The molecule has 0 aliphatic carbocycles. The third kappa shape index (κ3) is 2.30. The Kier molecular flexibility index (Phi) is 3.05. The zero-order valence-electron chi connectivity index (χ0n) is 9.67. The van der Waals surface area contributed by atoms with E-state index in [1.165, 1.54) is 0 Å². The molecule has 0 saturated carbocycles. The van der Waals surface area contributed by atoms with Crippen molar-refractivity contribution in [2.45, 2.75) is 25.9 Å². The molecule has 86 valence electrons. The number of nitrogens with two attached hydrogens (primary N) is 1. The molecule has 2 N–H and O–H groups in total. The summed E-state index contributed by atoms with van der Waals surface area (Å²) in [4.78, 5) is 4.25. The quantitative estimate of drug-likeness (QED) is 0.830. The van der Waals surface area contributed by atoms with Gasteiger partial charge in [0.1, 0.15) is 0 Å². The lowest BCUT2D eigenvalue weighted by Crippen LogP contribution is -2.13. The minimum Gasteiger partial charge on any atom is -0.340 e. The van der Waals surface area contributed by atoms with Gasteiger partial charge in [-0.15, -0.1) is 0 Å². The van der Waals surface area contributed by atoms with Crippen LogP contribution in [0.25, 0.3) is 0 Å². The van der Waals surface area contributed by atoms with E-state index in [1.54, 1.807) is 6.33 Å². The molecule has 2 rings (SSSR count). The highest BCUT2D eigenvalue weighted by Gasteiger charge is 2.10. The summed E-state index contributed by atoms with van der Waals surface area (Å²) >= 11 is 0. The van der Waals surface area contributed by atoms with Crippen LogP contribution in [0.3, 0.4) is 0 Å². The molecule has 0 bridgehead atoms. The number of aryl methyl sites for hydroxylation is 2. The van der Waals surface area contributed by atoms with Crippen molar-refractivity contribution in [2.75, 3.05) is 0 Å². The van der Waals surface area contributed by atoms with Crippen molar-refractivity contribution < 1.29 is 0 Å². The van der Waals surface area contributed by atoms with Gasteiger partial charge in [-0.25, -0.2) is 4.98 Å². The smallest absolute Gasteiger partial charge is 0.0947 e. The normalized spacial score (nSPS) is 12.9. The monoisotopic (exact) mass is 219 g/mol. The fourth-order valence-electron chi connectivity index (χ4n) is 1.67. The maximum Gasteiger partial charge on any atom is 0.0947 e. The van der Waals surface area contributed by atoms with Gasteiger partial charge in [0.05, 0.1) is 24.3 Å². The van der Waals surface area contributed by atoms with Gasteiger partial charge in [-0.2, -0.15) is 5.10 Å². The molecule has 0 amide bonds. The first kappa shape index (κ1) is 10.9. The molecule has 0 aliphatic heterocycles. The van der Waals surface area contributed by atoms with Crippen molar-refractivity contribution in [3.05, 3.63) is 36.2 Å². The minimum atomic E-state index is -0.0595. The second-order valence-corrected chi connectivity index (χ2v) is 3.98. The largest absolute Gasteiger partial charge is 0.340 e. The lowest BCUT2D eigenvalue weighted by Gasteiger charge is -2.06. The van der Waals surface area contributed by atoms with Gasteiger partial charge in [0, 0.05) is 26.0 Å². The number of hydrogen-bond donors (Lipinski definition) is 1. The molecule has 1 atom stereocenters. The van der Waals surface area contributed by atoms with E-state index in [2.05, 4.69) is 17.0 Å². The van der Waals surface area contributed by atoms with Gasteiger partial charge in [-0.3, -0.25) is 4.68 Å². The fourth-order valence-corrected chi connectivity index (χ4v) is 1.67. The summed E-state index contributed by atoms with van der Waals surface area (Å²) in [5.74, 6) is 0. The van der Waals surface area contributed by atoms with Gasteiger partial charge in [0.15, 0.2) is 0 Å². The lowest BCUT2D eigenvalue weighted by molar-refractivity contribution is 0.656. The van der Waals surface area contributed by atoms with Crippen molar-refractivity contribution in [3.63, 3.8) is 0 Å². The molecule has 5 heteroatoms. The van der Waals surface area contributed by atoms with Crippen molar-refractivity contribution in [3.8, 4) is 0 Å². The molecule has 5 nitrogen and oxygen atoms in total. The third-order valence-corrected chi connectivity index (χ3v) is 2.57. The van der Waals surface area contributed by atoms with Crippen molar-refractivity contribution in [1.82, 2.24) is 19.3 Å². The van der Waals surface area contributed by atoms with E-state index in [-0.39, 0.29) is 6.04 Å². The summed E-state index contributed by atoms with van der Waals surface area (Å²) in [6, 6.07) is -0.0595. The third-order valence-electron chi connectivity index (χ3n) is 2.57. The summed E-state index contributed by atoms with van der Waals surface area (Å²) in [7, 11) is 1.94. The Labute approximate surface area is 94.9 Å². The van der Waals surface area contributed by atoms with Crippen LogP contribution in [0.4, 0.5) is 0 Å². The highest BCUT2D eigenvalue weighted by atomic mass is 15.3. The summed E-state index contributed by atoms with van der Waals surface area (Å²) in [5.41, 5.74) is 8.15. The molecule has 0 spiro atoms. The van der Waals surface area contributed by atoms with Gasteiger partial charge in [0.25, 0.3) is 0 Å². The molecule has 2 heterocycles. The van der Waals surface area contributed by atoms with Crippen LogP contribution in [0.15, 0.2) is 24.9 Å². The molecule has 0 radical (unpaired) electrons. The lowest BCUT2D eigenvalue weighted by atomic mass is 10.1. The van der Waals surface area contributed by atoms with Crippen molar-refractivity contribution in [2.24, 2.45) is 12.8 Å². The van der Waals surface area contributed by atoms with E-state index in [0.29, 0.717) is 0 Å². The summed E-state index contributed by atoms with van der Waals surface area (Å²) in [5, 5.41) is 4.22. The van der Waals surface area contributed by atoms with Crippen LogP contribution in [0, 0.1) is 0 Å². The second kappa shape index (κ2) is 4.49. The summed E-state index contributed by atoms with van der Waals surface area (Å²) < 4.78 is 3.81. The van der Waals surface area contributed by atoms with Gasteiger partial charge >= 0.3 is 0 Å². The van der Waals surface area contributed by atoms with Crippen LogP contribution in [0.5, 0.6) is 0 Å². The Morgan fingerprint density at radius 3 is 2.81 bits per heavy atom. The minimum absolute atomic E-state index is 0.0595. The van der Waals surface area contributed by atoms with Crippen LogP contribution in [-0.2, 0) is 20.0 Å². The van der Waals surface area contributed by atoms with E-state index in [1.807, 2.05) is 34.9 Å². The summed E-state index contributed by atoms with van der Waals surface area (Å²) in [6.07, 6.45) is 8.39. The number of nitrogens with zero attached hydrogens (tertiary/aromatic N) is 4. The van der Waals surface area contributed by atoms with E-state index in [0.717, 1.165) is 24.2 Å². The van der Waals surface area contributed by atoms with E-state index in [9.17, 15) is 0 Å². The van der Waals surface area contributed by atoms with Gasteiger partial charge in [-0.05, 0) is 18.9 Å². The van der Waals surface area contributed by atoms with Crippen LogP contribution >= 0.6 is 0 Å². The number of aromatic nitrogens is 4. The van der Waals surface area contributed by atoms with Gasteiger partial charge < -0.3 is 10.3 Å². The number of imidazole rings is 1. The summed E-state index contributed by atoms with van der Waals surface area (Å²) in [6.45, 7) is 2.95. The van der Waals surface area contributed by atoms with Gasteiger partial charge in [-0.1, -0.05) is 0 Å². The second-order valence-electron chi connectivity index (χ2n) is 3.98. The zero-order valence-corrected chi connectivity index (χ0v) is 9.67. The average molecular weight is 219 g/mol. The predicted molar refractivity (Wildman–Crippen MR) is 61.7 cm³/mol. The molecule has 0 aliphatic rings. The Morgan fingerprint density at radius 1 is 1.44 bits per heavy atom. The first-order valence-electron chi connectivity index (χ1n) is 5.43. The van der Waals surface area contributed by atoms with Crippen LogP contribution in [0.1, 0.15) is 24.2 Å². The van der Waals surface area contributed by atoms with E-state index >= 15 is 0 Å². The molecule has 2 aromatic rings. The van der Waals surface area contributed by atoms with Gasteiger partial charge in [0.2, 0.25) is 0 Å². The highest BCUT2D eigenvalue weighted by molar-refractivity contribution is 5.12. The molecule has 0 fully saturated rings. The topological polar surface area (TPSA) is 61.7 Å². The van der Waals surface area contributed by atoms with E-state index < -0.39 is 0 Å². The van der Waals surface area contributed by atoms with Crippen LogP contribution in [-0.4, -0.2) is 19.3 Å². The molecule has 16 heavy (non-hydrogen) atoms. The molecule has 2 aromatic heterocycles. The molecule has 0 aromatic carbocycles. The Morgan fingerprint density at radius 2 is 2.25 bits per heavy atom. The van der Waals surface area contributed by atoms with Crippen LogP contribution in [0.2, 0.25) is 0 Å². The molecule has 1 unspecified atom stereocenters. The Bertz CT molecular complexity index is 456. The Hall–Kier alpha value is -1.62. The fraction of sp³-hybridized carbons (Fsp3) is 0.455.